The largest absolute Gasteiger partial charge is 0.354 e. The van der Waals surface area contributed by atoms with E-state index >= 15 is 0 Å². The summed E-state index contributed by atoms with van der Waals surface area (Å²) in [4.78, 5) is 15.4. The molecule has 0 spiro atoms. The summed E-state index contributed by atoms with van der Waals surface area (Å²) in [6.45, 7) is 9.51. The van der Waals surface area contributed by atoms with Gasteiger partial charge in [-0.25, -0.2) is 0 Å². The first-order valence-electron chi connectivity index (χ1n) is 10.2. The molecule has 3 aromatic heterocycles. The molecule has 0 saturated heterocycles. The average Bonchev–Trinajstić information content (AvgIpc) is 3.28. The van der Waals surface area contributed by atoms with Gasteiger partial charge in [0.05, 0.1) is 12.2 Å². The number of nitrogens with zero attached hydrogens (tertiary/aromatic N) is 2. The number of rotatable bonds is 3. The van der Waals surface area contributed by atoms with Crippen LogP contribution in [0.5, 0.6) is 0 Å². The number of aromatic nitrogens is 2. The van der Waals surface area contributed by atoms with E-state index in [1.54, 1.807) is 0 Å². The van der Waals surface area contributed by atoms with E-state index < -0.39 is 0 Å². The summed E-state index contributed by atoms with van der Waals surface area (Å²) in [7, 11) is 0. The van der Waals surface area contributed by atoms with E-state index in [1.807, 2.05) is 17.6 Å². The van der Waals surface area contributed by atoms with E-state index in [4.69, 9.17) is 0 Å². The predicted molar refractivity (Wildman–Crippen MR) is 124 cm³/mol. The number of nitrogens with one attached hydrogen (secondary N) is 1. The summed E-state index contributed by atoms with van der Waals surface area (Å²) in [6.07, 6.45) is 3.00. The summed E-state index contributed by atoms with van der Waals surface area (Å²) in [5.74, 6) is 0.424. The van der Waals surface area contributed by atoms with Gasteiger partial charge in [0.2, 0.25) is 0 Å². The van der Waals surface area contributed by atoms with Crippen LogP contribution in [-0.2, 0) is 13.0 Å². The smallest absolute Gasteiger partial charge is 0.0732 e. The molecule has 1 N–H and O–H groups in total. The van der Waals surface area contributed by atoms with Crippen molar-refractivity contribution in [2.24, 2.45) is 4.99 Å². The molecule has 0 saturated carbocycles. The van der Waals surface area contributed by atoms with Crippen molar-refractivity contribution in [3.8, 4) is 21.7 Å². The van der Waals surface area contributed by atoms with Gasteiger partial charge in [-0.15, -0.1) is 11.3 Å². The van der Waals surface area contributed by atoms with Crippen LogP contribution in [0.2, 0.25) is 0 Å². The van der Waals surface area contributed by atoms with Crippen LogP contribution in [0.3, 0.4) is 0 Å². The fourth-order valence-corrected chi connectivity index (χ4v) is 5.52. The SMILES string of the molecule is Cc1cc(-c2[nH]c3ccc(-c4cc5c(s4)CN=CC5)cc3c2C(C)C)cc(C)n1. The Hall–Kier alpha value is -2.72. The molecule has 0 radical (unpaired) electrons. The minimum Gasteiger partial charge on any atom is -0.354 e. The zero-order chi connectivity index (χ0) is 20.1. The number of hydrogen-bond donors (Lipinski definition) is 1. The minimum atomic E-state index is 0.424. The second kappa shape index (κ2) is 6.96. The molecule has 4 heteroatoms. The fourth-order valence-electron chi connectivity index (χ4n) is 4.40. The number of fused-ring (bicyclic) bond motifs is 2. The Bertz CT molecular complexity index is 1210. The Balaban J connectivity index is 1.67. The summed E-state index contributed by atoms with van der Waals surface area (Å²) in [5.41, 5.74) is 9.87. The Morgan fingerprint density at radius 3 is 2.52 bits per heavy atom. The summed E-state index contributed by atoms with van der Waals surface area (Å²) in [6, 6.07) is 13.5. The molecule has 0 unspecified atom stereocenters. The first-order chi connectivity index (χ1) is 14.0. The highest BCUT2D eigenvalue weighted by atomic mass is 32.1. The molecule has 146 valence electrons. The van der Waals surface area contributed by atoms with Gasteiger partial charge < -0.3 is 4.98 Å². The number of benzene rings is 1. The topological polar surface area (TPSA) is 41.0 Å². The molecule has 1 aliphatic rings. The Labute approximate surface area is 175 Å². The number of aliphatic imine (C=N–C) groups is 1. The van der Waals surface area contributed by atoms with E-state index in [2.05, 4.69) is 79.1 Å². The van der Waals surface area contributed by atoms with Crippen molar-refractivity contribution in [1.82, 2.24) is 9.97 Å². The Morgan fingerprint density at radius 1 is 1.00 bits per heavy atom. The molecule has 4 aromatic rings. The Morgan fingerprint density at radius 2 is 1.79 bits per heavy atom. The maximum absolute atomic E-state index is 4.55. The number of hydrogen-bond acceptors (Lipinski definition) is 3. The lowest BCUT2D eigenvalue weighted by molar-refractivity contribution is 0.878. The van der Waals surface area contributed by atoms with Gasteiger partial charge >= 0.3 is 0 Å². The molecule has 0 bridgehead atoms. The van der Waals surface area contributed by atoms with Gasteiger partial charge in [0.1, 0.15) is 0 Å². The van der Waals surface area contributed by atoms with Crippen LogP contribution in [0, 0.1) is 13.8 Å². The van der Waals surface area contributed by atoms with Gasteiger partial charge in [-0.2, -0.15) is 0 Å². The lowest BCUT2D eigenvalue weighted by Gasteiger charge is -2.10. The van der Waals surface area contributed by atoms with E-state index in [1.165, 1.54) is 48.6 Å². The molecule has 0 aliphatic carbocycles. The average molecular weight is 400 g/mol. The predicted octanol–water partition coefficient (Wildman–Crippen LogP) is 6.83. The molecule has 0 fully saturated rings. The van der Waals surface area contributed by atoms with Crippen molar-refractivity contribution in [3.63, 3.8) is 0 Å². The number of thiophene rings is 1. The number of aromatic amines is 1. The second-order valence-corrected chi connectivity index (χ2v) is 9.39. The summed E-state index contributed by atoms with van der Waals surface area (Å²) in [5, 5.41) is 1.32. The zero-order valence-corrected chi connectivity index (χ0v) is 18.2. The van der Waals surface area contributed by atoms with Gasteiger partial charge in [-0.1, -0.05) is 19.9 Å². The fraction of sp³-hybridized carbons (Fsp3) is 0.280. The summed E-state index contributed by atoms with van der Waals surface area (Å²) < 4.78 is 0. The van der Waals surface area contributed by atoms with Crippen molar-refractivity contribution in [1.29, 1.82) is 0 Å². The van der Waals surface area contributed by atoms with Crippen molar-refractivity contribution < 1.29 is 0 Å². The van der Waals surface area contributed by atoms with Crippen molar-refractivity contribution in [2.45, 2.75) is 46.6 Å². The molecular formula is C25H25N3S. The van der Waals surface area contributed by atoms with Crippen LogP contribution in [-0.4, -0.2) is 16.2 Å². The van der Waals surface area contributed by atoms with Crippen molar-refractivity contribution in [3.05, 3.63) is 63.8 Å². The van der Waals surface area contributed by atoms with Gasteiger partial charge in [0, 0.05) is 50.2 Å². The molecule has 3 nitrogen and oxygen atoms in total. The van der Waals surface area contributed by atoms with Crippen LogP contribution < -0.4 is 0 Å². The molecule has 5 rings (SSSR count). The van der Waals surface area contributed by atoms with Crippen molar-refractivity contribution >= 4 is 28.5 Å². The van der Waals surface area contributed by atoms with E-state index in [9.17, 15) is 0 Å². The third-order valence-electron chi connectivity index (χ3n) is 5.64. The minimum absolute atomic E-state index is 0.424. The van der Waals surface area contributed by atoms with Gasteiger partial charge in [0.25, 0.3) is 0 Å². The molecule has 0 amide bonds. The van der Waals surface area contributed by atoms with Crippen LogP contribution in [0.15, 0.2) is 41.4 Å². The van der Waals surface area contributed by atoms with Gasteiger partial charge in [-0.05, 0) is 66.8 Å². The third-order valence-corrected chi connectivity index (χ3v) is 6.85. The number of pyridine rings is 1. The third kappa shape index (κ3) is 3.22. The highest BCUT2D eigenvalue weighted by Gasteiger charge is 2.18. The molecule has 1 aromatic carbocycles. The molecule has 29 heavy (non-hydrogen) atoms. The van der Waals surface area contributed by atoms with Crippen LogP contribution in [0.4, 0.5) is 0 Å². The van der Waals surface area contributed by atoms with E-state index in [0.717, 1.165) is 24.4 Å². The molecular weight excluding hydrogens is 374 g/mol. The standard InChI is InChI=1S/C25H25N3S/c1-14(2)24-20-11-17(22-12-18-7-8-26-13-23(18)29-22)5-6-21(20)28-25(24)19-9-15(3)27-16(4)10-19/h5-6,8-12,14,28H,7,13H2,1-4H3. The highest BCUT2D eigenvalue weighted by molar-refractivity contribution is 7.15. The monoisotopic (exact) mass is 399 g/mol. The van der Waals surface area contributed by atoms with Crippen LogP contribution in [0.1, 0.15) is 47.2 Å². The van der Waals surface area contributed by atoms with Gasteiger partial charge in [0.15, 0.2) is 0 Å². The summed E-state index contributed by atoms with van der Waals surface area (Å²) >= 11 is 1.89. The van der Waals surface area contributed by atoms with Crippen LogP contribution in [0.25, 0.3) is 32.6 Å². The second-order valence-electron chi connectivity index (χ2n) is 8.25. The quantitative estimate of drug-likeness (QED) is 0.403. The maximum atomic E-state index is 4.55. The highest BCUT2D eigenvalue weighted by Crippen LogP contribution is 2.40. The van der Waals surface area contributed by atoms with E-state index in [0.29, 0.717) is 5.92 Å². The van der Waals surface area contributed by atoms with Gasteiger partial charge in [-0.3, -0.25) is 9.98 Å². The molecule has 4 heterocycles. The first kappa shape index (κ1) is 18.3. The molecule has 0 atom stereocenters. The number of aryl methyl sites for hydroxylation is 2. The number of H-pyrrole nitrogens is 1. The lowest BCUT2D eigenvalue weighted by atomic mass is 9.95. The van der Waals surface area contributed by atoms with Crippen LogP contribution >= 0.6 is 11.3 Å². The first-order valence-corrected chi connectivity index (χ1v) is 11.0. The lowest BCUT2D eigenvalue weighted by Crippen LogP contribution is -1.94. The van der Waals surface area contributed by atoms with E-state index in [-0.39, 0.29) is 0 Å². The Kier molecular flexibility index (Phi) is 4.39. The maximum Gasteiger partial charge on any atom is 0.0732 e. The van der Waals surface area contributed by atoms with Crippen molar-refractivity contribution in [2.75, 3.05) is 0 Å². The molecule has 1 aliphatic heterocycles. The normalized spacial score (nSPS) is 13.4. The zero-order valence-electron chi connectivity index (χ0n) is 17.3.